The van der Waals surface area contributed by atoms with E-state index >= 15 is 0 Å². The molecule has 1 radical (unpaired) electrons. The number of aliphatic hydroxyl groups is 1. The van der Waals surface area contributed by atoms with Crippen molar-refractivity contribution < 1.29 is 5.11 Å². The lowest BCUT2D eigenvalue weighted by atomic mass is 10.5. The number of hydrogen-bond acceptors (Lipinski definition) is 1. The molecule has 1 rings (SSSR count). The number of aliphatic hydroxyl groups excluding tert-OH is 1. The Labute approximate surface area is 30.8 Å². The van der Waals surface area contributed by atoms with E-state index in [9.17, 15) is 0 Å². The first-order chi connectivity index (χ1) is 2.43. The maximum Gasteiger partial charge on any atom is 0.0619 e. The van der Waals surface area contributed by atoms with Crippen molar-refractivity contribution in [2.75, 3.05) is 13.2 Å². The van der Waals surface area contributed by atoms with Gasteiger partial charge in [0.05, 0.1) is 12.6 Å². The quantitative estimate of drug-likeness (QED) is 0.395. The molecule has 1 saturated heterocycles. The standard InChI is InChI=1S/C3H6NO/c5-2-3-1-4-3/h3,5H,1-2H2. The van der Waals surface area contributed by atoms with Crippen molar-refractivity contribution in [3.8, 4) is 0 Å². The third-order valence-corrected chi connectivity index (χ3v) is 0.652. The molecule has 0 aromatic rings. The molecule has 5 heavy (non-hydrogen) atoms. The third-order valence-electron chi connectivity index (χ3n) is 0.652. The molecule has 0 aromatic carbocycles. The van der Waals surface area contributed by atoms with Gasteiger partial charge >= 0.3 is 0 Å². The van der Waals surface area contributed by atoms with Crippen molar-refractivity contribution in [1.82, 2.24) is 5.32 Å². The van der Waals surface area contributed by atoms with Gasteiger partial charge in [0.15, 0.2) is 0 Å². The first kappa shape index (κ1) is 3.12. The second-order valence-electron chi connectivity index (χ2n) is 1.20. The Morgan fingerprint density at radius 3 is 2.60 bits per heavy atom. The van der Waals surface area contributed by atoms with Crippen molar-refractivity contribution in [2.24, 2.45) is 0 Å². The predicted molar refractivity (Wildman–Crippen MR) is 17.9 cm³/mol. The molecule has 0 aliphatic carbocycles. The van der Waals surface area contributed by atoms with Crippen LogP contribution in [0.1, 0.15) is 0 Å². The molecule has 1 heterocycles. The summed E-state index contributed by atoms with van der Waals surface area (Å²) in [5, 5.41) is 11.9. The molecule has 0 saturated carbocycles. The van der Waals surface area contributed by atoms with Crippen molar-refractivity contribution in [3.05, 3.63) is 0 Å². The highest BCUT2D eigenvalue weighted by Gasteiger charge is 2.19. The summed E-state index contributed by atoms with van der Waals surface area (Å²) in [6.07, 6.45) is 0. The van der Waals surface area contributed by atoms with Crippen LogP contribution in [-0.2, 0) is 0 Å². The molecule has 29 valence electrons. The predicted octanol–water partition coefficient (Wildman–Crippen LogP) is -1.03. The van der Waals surface area contributed by atoms with Gasteiger partial charge in [-0.25, -0.2) is 5.32 Å². The SMILES string of the molecule is OCC1C[N]1. The molecule has 1 atom stereocenters. The number of rotatable bonds is 1. The summed E-state index contributed by atoms with van der Waals surface area (Å²) in [6, 6.07) is 0.315. The summed E-state index contributed by atoms with van der Waals surface area (Å²) in [4.78, 5) is 0. The molecular weight excluding hydrogens is 66.0 g/mol. The summed E-state index contributed by atoms with van der Waals surface area (Å²) in [7, 11) is 0. The fourth-order valence-corrected chi connectivity index (χ4v) is 0.190. The maximum absolute atomic E-state index is 8.11. The molecule has 1 aliphatic heterocycles. The summed E-state index contributed by atoms with van der Waals surface area (Å²) >= 11 is 0. The molecule has 1 N–H and O–H groups in total. The summed E-state index contributed by atoms with van der Waals surface area (Å²) < 4.78 is 0. The molecule has 0 aromatic heterocycles. The lowest BCUT2D eigenvalue weighted by Gasteiger charge is -1.71. The van der Waals surface area contributed by atoms with Crippen LogP contribution in [0, 0.1) is 0 Å². The maximum atomic E-state index is 8.11. The van der Waals surface area contributed by atoms with E-state index in [2.05, 4.69) is 5.32 Å². The smallest absolute Gasteiger partial charge is 0.0619 e. The second kappa shape index (κ2) is 0.954. The van der Waals surface area contributed by atoms with E-state index in [0.717, 1.165) is 6.54 Å². The van der Waals surface area contributed by atoms with Crippen LogP contribution in [0.25, 0.3) is 0 Å². The van der Waals surface area contributed by atoms with Crippen LogP contribution >= 0.6 is 0 Å². The van der Waals surface area contributed by atoms with Gasteiger partial charge in [-0.3, -0.25) is 0 Å². The van der Waals surface area contributed by atoms with Crippen molar-refractivity contribution in [1.29, 1.82) is 0 Å². The molecule has 1 unspecified atom stereocenters. The fourth-order valence-electron chi connectivity index (χ4n) is 0.190. The van der Waals surface area contributed by atoms with Crippen LogP contribution in [0.15, 0.2) is 0 Å². The third kappa shape index (κ3) is 0.597. The van der Waals surface area contributed by atoms with E-state index in [-0.39, 0.29) is 6.61 Å². The molecule has 2 nitrogen and oxygen atoms in total. The van der Waals surface area contributed by atoms with Gasteiger partial charge in [0.25, 0.3) is 0 Å². The van der Waals surface area contributed by atoms with E-state index in [0.29, 0.717) is 6.04 Å². The van der Waals surface area contributed by atoms with Crippen LogP contribution in [0.4, 0.5) is 0 Å². The van der Waals surface area contributed by atoms with Gasteiger partial charge < -0.3 is 5.11 Å². The molecule has 0 bridgehead atoms. The normalized spacial score (nSPS) is 34.2. The summed E-state index contributed by atoms with van der Waals surface area (Å²) in [6.45, 7) is 1.14. The van der Waals surface area contributed by atoms with Gasteiger partial charge in [-0.15, -0.1) is 0 Å². The van der Waals surface area contributed by atoms with E-state index in [1.165, 1.54) is 0 Å². The highest BCUT2D eigenvalue weighted by Crippen LogP contribution is 1.95. The van der Waals surface area contributed by atoms with Crippen LogP contribution < -0.4 is 5.32 Å². The second-order valence-corrected chi connectivity index (χ2v) is 1.20. The van der Waals surface area contributed by atoms with E-state index in [1.54, 1.807) is 0 Å². The number of hydrogen-bond donors (Lipinski definition) is 1. The molecule has 0 amide bonds. The average Bonchev–Trinajstić information content (AvgIpc) is 2.12. The van der Waals surface area contributed by atoms with E-state index in [1.807, 2.05) is 0 Å². The van der Waals surface area contributed by atoms with Gasteiger partial charge in [0.1, 0.15) is 0 Å². The topological polar surface area (TPSA) is 34.3 Å². The Morgan fingerprint density at radius 1 is 2.00 bits per heavy atom. The van der Waals surface area contributed by atoms with Gasteiger partial charge in [-0.2, -0.15) is 0 Å². The van der Waals surface area contributed by atoms with Gasteiger partial charge in [-0.1, -0.05) is 0 Å². The van der Waals surface area contributed by atoms with E-state index in [4.69, 9.17) is 5.11 Å². The van der Waals surface area contributed by atoms with E-state index < -0.39 is 0 Å². The van der Waals surface area contributed by atoms with Crippen LogP contribution in [-0.4, -0.2) is 24.3 Å². The van der Waals surface area contributed by atoms with Gasteiger partial charge in [0.2, 0.25) is 0 Å². The van der Waals surface area contributed by atoms with Crippen LogP contribution in [0.5, 0.6) is 0 Å². The Hall–Kier alpha value is -0.0800. The highest BCUT2D eigenvalue weighted by molar-refractivity contribution is 4.80. The molecule has 1 aliphatic rings. The average molecular weight is 72.1 g/mol. The summed E-state index contributed by atoms with van der Waals surface area (Å²) in [5.41, 5.74) is 0. The molecule has 2 heteroatoms. The lowest BCUT2D eigenvalue weighted by Crippen LogP contribution is -1.91. The lowest BCUT2D eigenvalue weighted by molar-refractivity contribution is 0.297. The molecule has 1 fully saturated rings. The zero-order chi connectivity index (χ0) is 3.70. The Morgan fingerprint density at radius 2 is 2.60 bits per heavy atom. The minimum Gasteiger partial charge on any atom is -0.395 e. The van der Waals surface area contributed by atoms with Crippen LogP contribution in [0.3, 0.4) is 0 Å². The minimum atomic E-state index is 0.250. The fraction of sp³-hybridized carbons (Fsp3) is 1.00. The van der Waals surface area contributed by atoms with Crippen molar-refractivity contribution >= 4 is 0 Å². The summed E-state index contributed by atoms with van der Waals surface area (Å²) in [5.74, 6) is 0. The first-order valence-electron chi connectivity index (χ1n) is 1.71. The molecular formula is C3H6NO. The van der Waals surface area contributed by atoms with Crippen molar-refractivity contribution in [2.45, 2.75) is 6.04 Å². The zero-order valence-electron chi connectivity index (χ0n) is 2.89. The largest absolute Gasteiger partial charge is 0.395 e. The zero-order valence-corrected chi connectivity index (χ0v) is 2.89. The monoisotopic (exact) mass is 72.0 g/mol. The first-order valence-corrected chi connectivity index (χ1v) is 1.71. The number of nitrogens with zero attached hydrogens (tertiary/aromatic N) is 1. The minimum absolute atomic E-state index is 0.250. The molecule has 0 spiro atoms. The Balaban J connectivity index is 2.00. The Bertz CT molecular complexity index is 33.9. The van der Waals surface area contributed by atoms with Crippen molar-refractivity contribution in [3.63, 3.8) is 0 Å². The van der Waals surface area contributed by atoms with Gasteiger partial charge in [0, 0.05) is 6.54 Å². The van der Waals surface area contributed by atoms with Gasteiger partial charge in [-0.05, 0) is 0 Å². The van der Waals surface area contributed by atoms with Crippen LogP contribution in [0.2, 0.25) is 0 Å². The highest BCUT2D eigenvalue weighted by atomic mass is 16.3. The Kier molecular flexibility index (Phi) is 0.596.